The van der Waals surface area contributed by atoms with Crippen molar-refractivity contribution in [1.82, 2.24) is 9.97 Å². The quantitative estimate of drug-likeness (QED) is 0.733. The van der Waals surface area contributed by atoms with Crippen molar-refractivity contribution in [2.45, 2.75) is 33.6 Å². The molecule has 0 saturated carbocycles. The molecule has 1 aromatic heterocycles. The molecule has 0 unspecified atom stereocenters. The van der Waals surface area contributed by atoms with Gasteiger partial charge in [0.2, 0.25) is 5.95 Å². The van der Waals surface area contributed by atoms with E-state index in [1.165, 1.54) is 7.11 Å². The van der Waals surface area contributed by atoms with Crippen molar-refractivity contribution in [3.8, 4) is 0 Å². The number of benzene rings is 1. The monoisotopic (exact) mass is 342 g/mol. The summed E-state index contributed by atoms with van der Waals surface area (Å²) in [6.45, 7) is 8.10. The molecule has 1 heterocycles. The Morgan fingerprint density at radius 2 is 1.88 bits per heavy atom. The molecule has 0 aliphatic rings. The van der Waals surface area contributed by atoms with E-state index in [1.54, 1.807) is 12.1 Å². The SMILES string of the molecule is CCCN(CCC)c1nc(C)cc(Nc2cccc(C(=O)OC)c2)n1. The lowest BCUT2D eigenvalue weighted by Gasteiger charge is -2.22. The number of anilines is 3. The lowest BCUT2D eigenvalue weighted by Crippen LogP contribution is -2.27. The summed E-state index contributed by atoms with van der Waals surface area (Å²) in [6, 6.07) is 9.06. The fraction of sp³-hybridized carbons (Fsp3) is 0.421. The van der Waals surface area contributed by atoms with E-state index in [-0.39, 0.29) is 5.97 Å². The highest BCUT2D eigenvalue weighted by Crippen LogP contribution is 2.20. The van der Waals surface area contributed by atoms with Crippen LogP contribution in [-0.4, -0.2) is 36.1 Å². The van der Waals surface area contributed by atoms with E-state index in [2.05, 4.69) is 34.0 Å². The highest BCUT2D eigenvalue weighted by Gasteiger charge is 2.11. The number of methoxy groups -OCH3 is 1. The Labute approximate surface area is 149 Å². The van der Waals surface area contributed by atoms with E-state index in [0.717, 1.165) is 43.3 Å². The third-order valence-corrected chi connectivity index (χ3v) is 3.67. The van der Waals surface area contributed by atoms with Crippen LogP contribution in [0.5, 0.6) is 0 Å². The first kappa shape index (κ1) is 18.7. The number of hydrogen-bond acceptors (Lipinski definition) is 6. The van der Waals surface area contributed by atoms with Crippen LogP contribution in [-0.2, 0) is 4.74 Å². The van der Waals surface area contributed by atoms with E-state index < -0.39 is 0 Å². The van der Waals surface area contributed by atoms with Gasteiger partial charge in [-0.1, -0.05) is 19.9 Å². The van der Waals surface area contributed by atoms with Gasteiger partial charge in [-0.05, 0) is 38.0 Å². The van der Waals surface area contributed by atoms with Crippen molar-refractivity contribution in [3.63, 3.8) is 0 Å². The van der Waals surface area contributed by atoms with Crippen LogP contribution in [0.25, 0.3) is 0 Å². The molecule has 2 aromatic rings. The van der Waals surface area contributed by atoms with Crippen LogP contribution in [0.15, 0.2) is 30.3 Å². The molecule has 6 heteroatoms. The Morgan fingerprint density at radius 1 is 1.16 bits per heavy atom. The molecule has 0 aliphatic carbocycles. The Balaban J connectivity index is 2.26. The molecular formula is C19H26N4O2. The van der Waals surface area contributed by atoms with Gasteiger partial charge in [0, 0.05) is 30.5 Å². The van der Waals surface area contributed by atoms with Gasteiger partial charge >= 0.3 is 5.97 Å². The highest BCUT2D eigenvalue weighted by molar-refractivity contribution is 5.90. The minimum atomic E-state index is -0.361. The normalized spacial score (nSPS) is 10.4. The summed E-state index contributed by atoms with van der Waals surface area (Å²) >= 11 is 0. The Morgan fingerprint density at radius 3 is 2.52 bits per heavy atom. The molecule has 1 aromatic carbocycles. The molecule has 0 bridgehead atoms. The number of carbonyl (C=O) groups is 1. The minimum Gasteiger partial charge on any atom is -0.465 e. The molecule has 0 amide bonds. The lowest BCUT2D eigenvalue weighted by atomic mass is 10.2. The summed E-state index contributed by atoms with van der Waals surface area (Å²) in [7, 11) is 1.37. The van der Waals surface area contributed by atoms with Crippen LogP contribution < -0.4 is 10.2 Å². The zero-order valence-electron chi connectivity index (χ0n) is 15.4. The van der Waals surface area contributed by atoms with Crippen molar-refractivity contribution in [1.29, 1.82) is 0 Å². The van der Waals surface area contributed by atoms with Crippen molar-refractivity contribution in [3.05, 3.63) is 41.6 Å². The maximum absolute atomic E-state index is 11.7. The number of nitrogens with zero attached hydrogens (tertiary/aromatic N) is 3. The number of nitrogens with one attached hydrogen (secondary N) is 1. The van der Waals surface area contributed by atoms with Crippen molar-refractivity contribution in [2.75, 3.05) is 30.4 Å². The molecule has 0 saturated heterocycles. The lowest BCUT2D eigenvalue weighted by molar-refractivity contribution is 0.0601. The van der Waals surface area contributed by atoms with Gasteiger partial charge in [-0.2, -0.15) is 4.98 Å². The van der Waals surface area contributed by atoms with Gasteiger partial charge in [-0.15, -0.1) is 0 Å². The summed E-state index contributed by atoms with van der Waals surface area (Å²) < 4.78 is 4.77. The second kappa shape index (κ2) is 9.01. The van der Waals surface area contributed by atoms with Gasteiger partial charge < -0.3 is 15.0 Å². The summed E-state index contributed by atoms with van der Waals surface area (Å²) in [5.41, 5.74) is 2.18. The Bertz CT molecular complexity index is 712. The summed E-state index contributed by atoms with van der Waals surface area (Å²) in [6.07, 6.45) is 2.09. The molecule has 134 valence electrons. The van der Waals surface area contributed by atoms with Crippen molar-refractivity contribution in [2.24, 2.45) is 0 Å². The van der Waals surface area contributed by atoms with Crippen molar-refractivity contribution >= 4 is 23.4 Å². The molecule has 0 fully saturated rings. The number of aromatic nitrogens is 2. The predicted molar refractivity (Wildman–Crippen MR) is 101 cm³/mol. The Kier molecular flexibility index (Phi) is 6.74. The zero-order valence-corrected chi connectivity index (χ0v) is 15.4. The van der Waals surface area contributed by atoms with E-state index in [1.807, 2.05) is 25.1 Å². The molecule has 0 radical (unpaired) electrons. The van der Waals surface area contributed by atoms with Crippen LogP contribution in [0.1, 0.15) is 42.7 Å². The molecule has 1 N–H and O–H groups in total. The van der Waals surface area contributed by atoms with Gasteiger partial charge in [0.25, 0.3) is 0 Å². The molecule has 6 nitrogen and oxygen atoms in total. The predicted octanol–water partition coefficient (Wildman–Crippen LogP) is 3.94. The van der Waals surface area contributed by atoms with Crippen LogP contribution in [0, 0.1) is 6.92 Å². The molecular weight excluding hydrogens is 316 g/mol. The largest absolute Gasteiger partial charge is 0.465 e. The number of ether oxygens (including phenoxy) is 1. The molecule has 0 atom stereocenters. The van der Waals surface area contributed by atoms with Crippen LogP contribution in [0.4, 0.5) is 17.5 Å². The number of rotatable bonds is 8. The van der Waals surface area contributed by atoms with Gasteiger partial charge in [0.05, 0.1) is 12.7 Å². The molecule has 25 heavy (non-hydrogen) atoms. The smallest absolute Gasteiger partial charge is 0.337 e. The summed E-state index contributed by atoms with van der Waals surface area (Å²) in [5, 5.41) is 3.26. The number of hydrogen-bond donors (Lipinski definition) is 1. The third-order valence-electron chi connectivity index (χ3n) is 3.67. The van der Waals surface area contributed by atoms with Gasteiger partial charge in [-0.3, -0.25) is 0 Å². The zero-order chi connectivity index (χ0) is 18.2. The first-order valence-corrected chi connectivity index (χ1v) is 8.63. The van der Waals surface area contributed by atoms with Crippen molar-refractivity contribution < 1.29 is 9.53 Å². The molecule has 2 rings (SSSR count). The van der Waals surface area contributed by atoms with Crippen LogP contribution in [0.2, 0.25) is 0 Å². The topological polar surface area (TPSA) is 67.4 Å². The van der Waals surface area contributed by atoms with E-state index in [4.69, 9.17) is 4.74 Å². The third kappa shape index (κ3) is 5.17. The van der Waals surface area contributed by atoms with E-state index >= 15 is 0 Å². The van der Waals surface area contributed by atoms with Gasteiger partial charge in [0.1, 0.15) is 5.82 Å². The first-order valence-electron chi connectivity index (χ1n) is 8.63. The minimum absolute atomic E-state index is 0.361. The van der Waals surface area contributed by atoms with Gasteiger partial charge in [0.15, 0.2) is 0 Å². The fourth-order valence-electron chi connectivity index (χ4n) is 2.60. The average molecular weight is 342 g/mol. The van der Waals surface area contributed by atoms with E-state index in [9.17, 15) is 4.79 Å². The maximum Gasteiger partial charge on any atom is 0.337 e. The summed E-state index contributed by atoms with van der Waals surface area (Å²) in [5.74, 6) is 1.08. The van der Waals surface area contributed by atoms with Crippen LogP contribution in [0.3, 0.4) is 0 Å². The number of aryl methyl sites for hydroxylation is 1. The Hall–Kier alpha value is -2.63. The molecule has 0 spiro atoms. The average Bonchev–Trinajstić information content (AvgIpc) is 2.60. The number of carbonyl (C=O) groups excluding carboxylic acids is 1. The van der Waals surface area contributed by atoms with Crippen LogP contribution >= 0.6 is 0 Å². The fourth-order valence-corrected chi connectivity index (χ4v) is 2.60. The number of esters is 1. The standard InChI is InChI=1S/C19H26N4O2/c1-5-10-23(11-6-2)19-20-14(3)12-17(22-19)21-16-9-7-8-15(13-16)18(24)25-4/h7-9,12-13H,5-6,10-11H2,1-4H3,(H,20,21,22). The second-order valence-corrected chi connectivity index (χ2v) is 5.88. The molecule has 0 aliphatic heterocycles. The second-order valence-electron chi connectivity index (χ2n) is 5.88. The first-order chi connectivity index (χ1) is 12.1. The van der Waals surface area contributed by atoms with E-state index in [0.29, 0.717) is 11.4 Å². The highest BCUT2D eigenvalue weighted by atomic mass is 16.5. The maximum atomic E-state index is 11.7. The van der Waals surface area contributed by atoms with Gasteiger partial charge in [-0.25, -0.2) is 9.78 Å². The summed E-state index contributed by atoms with van der Waals surface area (Å²) in [4.78, 5) is 23.1.